The van der Waals surface area contributed by atoms with Crippen LogP contribution in [0.2, 0.25) is 0 Å². The van der Waals surface area contributed by atoms with E-state index in [0.717, 1.165) is 44.2 Å². The maximum absolute atomic E-state index is 13.5. The number of carbonyl (C=O) groups is 1. The summed E-state index contributed by atoms with van der Waals surface area (Å²) in [5.74, 6) is -3.81. The van der Waals surface area contributed by atoms with Gasteiger partial charge in [0.1, 0.15) is 0 Å². The highest BCUT2D eigenvalue weighted by Crippen LogP contribution is 2.35. The molecule has 0 heterocycles. The molecule has 2 rings (SSSR count). The molecule has 146 valence electrons. The summed E-state index contributed by atoms with van der Waals surface area (Å²) in [6.07, 6.45) is -0.296. The molecular weight excluding hydrogens is 355 g/mol. The highest BCUT2D eigenvalue weighted by molar-refractivity contribution is 5.77. The lowest BCUT2D eigenvalue weighted by Gasteiger charge is -2.32. The highest BCUT2D eigenvalue weighted by Gasteiger charge is 2.34. The van der Waals surface area contributed by atoms with E-state index in [1.807, 2.05) is 0 Å². The molecular formula is C18H23F5N2O. The number of rotatable bonds is 5. The van der Waals surface area contributed by atoms with E-state index in [0.29, 0.717) is 13.0 Å². The second-order valence-corrected chi connectivity index (χ2v) is 7.18. The van der Waals surface area contributed by atoms with Gasteiger partial charge in [0.2, 0.25) is 5.91 Å². The molecule has 0 radical (unpaired) electrons. The Morgan fingerprint density at radius 2 is 1.65 bits per heavy atom. The van der Waals surface area contributed by atoms with Crippen LogP contribution in [-0.4, -0.2) is 11.4 Å². The minimum Gasteiger partial charge on any atom is -0.352 e. The van der Waals surface area contributed by atoms with E-state index in [9.17, 15) is 26.7 Å². The van der Waals surface area contributed by atoms with E-state index >= 15 is 0 Å². The van der Waals surface area contributed by atoms with Crippen molar-refractivity contribution in [3.05, 3.63) is 34.9 Å². The summed E-state index contributed by atoms with van der Waals surface area (Å²) in [4.78, 5) is 12.1. The zero-order valence-corrected chi connectivity index (χ0v) is 14.6. The number of carbonyl (C=O) groups excluding carboxylic acids is 1. The predicted molar refractivity (Wildman–Crippen MR) is 87.5 cm³/mol. The maximum atomic E-state index is 13.5. The molecule has 1 aliphatic rings. The van der Waals surface area contributed by atoms with Crippen LogP contribution in [0, 0.1) is 0 Å². The van der Waals surface area contributed by atoms with E-state index in [-0.39, 0.29) is 18.5 Å². The van der Waals surface area contributed by atoms with Gasteiger partial charge < -0.3 is 11.1 Å². The van der Waals surface area contributed by atoms with Crippen LogP contribution in [0.3, 0.4) is 0 Å². The number of benzene rings is 1. The number of amides is 1. The van der Waals surface area contributed by atoms with Gasteiger partial charge in [-0.25, -0.2) is 8.78 Å². The zero-order valence-electron chi connectivity index (χ0n) is 14.6. The monoisotopic (exact) mass is 378 g/mol. The summed E-state index contributed by atoms with van der Waals surface area (Å²) in [5, 5.41) is 2.50. The largest absolute Gasteiger partial charge is 0.416 e. The summed E-state index contributed by atoms with van der Waals surface area (Å²) in [6.45, 7) is 0.272. The molecule has 26 heavy (non-hydrogen) atoms. The third-order valence-electron chi connectivity index (χ3n) is 4.68. The minimum atomic E-state index is -4.75. The first kappa shape index (κ1) is 20.6. The number of nitrogens with two attached hydrogens (primary N) is 1. The fourth-order valence-electron chi connectivity index (χ4n) is 3.23. The number of hydrogen-bond donors (Lipinski definition) is 2. The molecule has 0 aliphatic heterocycles. The molecule has 1 aliphatic carbocycles. The van der Waals surface area contributed by atoms with Crippen molar-refractivity contribution in [2.75, 3.05) is 0 Å². The van der Waals surface area contributed by atoms with Crippen LogP contribution in [-0.2, 0) is 23.4 Å². The van der Waals surface area contributed by atoms with E-state index in [1.54, 1.807) is 0 Å². The molecule has 0 saturated heterocycles. The zero-order chi connectivity index (χ0) is 19.6. The molecule has 0 unspecified atom stereocenters. The Morgan fingerprint density at radius 1 is 1.08 bits per heavy atom. The summed E-state index contributed by atoms with van der Waals surface area (Å²) >= 11 is 0. The van der Waals surface area contributed by atoms with Crippen molar-refractivity contribution in [1.82, 2.24) is 5.32 Å². The SMILES string of the molecule is CC(F)(F)c1cc(CNC(=O)CC2(N)CCCCC2)cc(C(F)(F)F)c1. The van der Waals surface area contributed by atoms with Crippen molar-refractivity contribution in [1.29, 1.82) is 0 Å². The minimum absolute atomic E-state index is 0.0283. The van der Waals surface area contributed by atoms with Crippen molar-refractivity contribution >= 4 is 5.91 Å². The van der Waals surface area contributed by atoms with Crippen LogP contribution < -0.4 is 11.1 Å². The Bertz CT molecular complexity index is 614. The summed E-state index contributed by atoms with van der Waals surface area (Å²) in [7, 11) is 0. The van der Waals surface area contributed by atoms with E-state index in [2.05, 4.69) is 5.32 Å². The van der Waals surface area contributed by atoms with Gasteiger partial charge in [0.25, 0.3) is 5.92 Å². The van der Waals surface area contributed by atoms with Crippen LogP contribution in [0.4, 0.5) is 22.0 Å². The maximum Gasteiger partial charge on any atom is 0.416 e. The second-order valence-electron chi connectivity index (χ2n) is 7.18. The van der Waals surface area contributed by atoms with Crippen molar-refractivity contribution in [2.24, 2.45) is 5.73 Å². The van der Waals surface area contributed by atoms with E-state index in [4.69, 9.17) is 5.73 Å². The first-order chi connectivity index (χ1) is 11.9. The lowest BCUT2D eigenvalue weighted by atomic mass is 9.80. The first-order valence-corrected chi connectivity index (χ1v) is 8.54. The second kappa shape index (κ2) is 7.50. The van der Waals surface area contributed by atoms with Crippen molar-refractivity contribution in [2.45, 2.75) is 69.6 Å². The molecule has 1 amide bonds. The molecule has 0 aromatic heterocycles. The van der Waals surface area contributed by atoms with E-state index in [1.165, 1.54) is 0 Å². The fraction of sp³-hybridized carbons (Fsp3) is 0.611. The first-order valence-electron chi connectivity index (χ1n) is 8.54. The van der Waals surface area contributed by atoms with Crippen LogP contribution in [0.1, 0.15) is 62.1 Å². The summed E-state index contributed by atoms with van der Waals surface area (Å²) < 4.78 is 65.8. The molecule has 8 heteroatoms. The lowest BCUT2D eigenvalue weighted by molar-refractivity contribution is -0.137. The number of nitrogens with one attached hydrogen (secondary N) is 1. The van der Waals surface area contributed by atoms with Gasteiger partial charge in [-0.15, -0.1) is 0 Å². The van der Waals surface area contributed by atoms with Crippen molar-refractivity contribution in [3.63, 3.8) is 0 Å². The Kier molecular flexibility index (Phi) is 5.95. The normalized spacial score (nSPS) is 17.8. The van der Waals surface area contributed by atoms with Gasteiger partial charge in [-0.05, 0) is 36.6 Å². The smallest absolute Gasteiger partial charge is 0.352 e. The highest BCUT2D eigenvalue weighted by atomic mass is 19.4. The molecule has 1 saturated carbocycles. The van der Waals surface area contributed by atoms with Crippen molar-refractivity contribution < 1.29 is 26.7 Å². The van der Waals surface area contributed by atoms with Gasteiger partial charge in [0.05, 0.1) is 5.56 Å². The van der Waals surface area contributed by atoms with Gasteiger partial charge in [-0.2, -0.15) is 13.2 Å². The Morgan fingerprint density at radius 3 is 2.19 bits per heavy atom. The standard InChI is InChI=1S/C18H23F5N2O/c1-16(19,20)13-7-12(8-14(9-13)18(21,22)23)11-25-15(26)10-17(24)5-3-2-4-6-17/h7-9H,2-6,10-11,24H2,1H3,(H,25,26). The number of hydrogen-bond acceptors (Lipinski definition) is 2. The molecule has 0 spiro atoms. The van der Waals surface area contributed by atoms with Crippen molar-refractivity contribution in [3.8, 4) is 0 Å². The molecule has 3 N–H and O–H groups in total. The third kappa shape index (κ3) is 5.65. The average Bonchev–Trinajstić information content (AvgIpc) is 2.51. The van der Waals surface area contributed by atoms with Gasteiger partial charge in [0, 0.05) is 31.0 Å². The van der Waals surface area contributed by atoms with Gasteiger partial charge in [-0.3, -0.25) is 4.79 Å². The number of halogens is 5. The molecule has 1 aromatic rings. The van der Waals surface area contributed by atoms with Gasteiger partial charge in [0.15, 0.2) is 0 Å². The average molecular weight is 378 g/mol. The Hall–Kier alpha value is -1.70. The third-order valence-corrected chi connectivity index (χ3v) is 4.68. The molecule has 0 bridgehead atoms. The Balaban J connectivity index is 2.09. The van der Waals surface area contributed by atoms with Crippen LogP contribution >= 0.6 is 0 Å². The van der Waals surface area contributed by atoms with E-state index < -0.39 is 34.7 Å². The van der Waals surface area contributed by atoms with Crippen LogP contribution in [0.5, 0.6) is 0 Å². The number of alkyl halides is 5. The molecule has 1 fully saturated rings. The lowest BCUT2D eigenvalue weighted by Crippen LogP contribution is -2.45. The van der Waals surface area contributed by atoms with Crippen LogP contribution in [0.15, 0.2) is 18.2 Å². The topological polar surface area (TPSA) is 55.1 Å². The molecule has 1 aromatic carbocycles. The van der Waals surface area contributed by atoms with Gasteiger partial charge in [-0.1, -0.05) is 19.3 Å². The summed E-state index contributed by atoms with van der Waals surface area (Å²) in [6, 6.07) is 2.19. The quantitative estimate of drug-likeness (QED) is 0.742. The predicted octanol–water partition coefficient (Wildman–Crippen LogP) is 4.49. The summed E-state index contributed by atoms with van der Waals surface area (Å²) in [5.41, 5.74) is 3.65. The Labute approximate surface area is 149 Å². The van der Waals surface area contributed by atoms with Crippen LogP contribution in [0.25, 0.3) is 0 Å². The molecule has 3 nitrogen and oxygen atoms in total. The van der Waals surface area contributed by atoms with Gasteiger partial charge >= 0.3 is 6.18 Å². The fourth-order valence-corrected chi connectivity index (χ4v) is 3.23. The molecule has 0 atom stereocenters.